The van der Waals surface area contributed by atoms with Gasteiger partial charge < -0.3 is 5.32 Å². The molecule has 10 heteroatoms. The second-order valence-electron chi connectivity index (χ2n) is 7.14. The zero-order valence-electron chi connectivity index (χ0n) is 17.4. The van der Waals surface area contributed by atoms with Crippen LogP contribution in [0.3, 0.4) is 0 Å². The number of thioether (sulfide) groups is 1. The number of hydrogen-bond acceptors (Lipinski definition) is 6. The van der Waals surface area contributed by atoms with Crippen LogP contribution in [0.1, 0.15) is 16.4 Å². The van der Waals surface area contributed by atoms with Crippen molar-refractivity contribution in [2.45, 2.75) is 17.3 Å². The van der Waals surface area contributed by atoms with Crippen LogP contribution < -0.4 is 5.32 Å². The molecule has 0 saturated heterocycles. The van der Waals surface area contributed by atoms with Crippen molar-refractivity contribution < 1.29 is 9.72 Å². The molecule has 0 fully saturated rings. The van der Waals surface area contributed by atoms with Gasteiger partial charge in [0.25, 0.3) is 5.69 Å². The highest BCUT2D eigenvalue weighted by Gasteiger charge is 2.27. The Labute approximate surface area is 198 Å². The first-order chi connectivity index (χ1) is 15.9. The average molecular weight is 480 g/mol. The third-order valence-corrected chi connectivity index (χ3v) is 6.22. The van der Waals surface area contributed by atoms with Gasteiger partial charge in [-0.05, 0) is 42.3 Å². The number of amides is 1. The smallest absolute Gasteiger partial charge is 0.293 e. The van der Waals surface area contributed by atoms with Gasteiger partial charge in [0.2, 0.25) is 5.91 Å². The molecular formula is C23H18ClN5O3S. The SMILES string of the molecule is Cc1ccc(NC(=O)C(Sc2nncn2-c2cccc(Cl)c2)c2ccccc2)c([N+](=O)[O-])c1. The number of benzene rings is 3. The topological polar surface area (TPSA) is 103 Å². The summed E-state index contributed by atoms with van der Waals surface area (Å²) in [6, 6.07) is 21.0. The highest BCUT2D eigenvalue weighted by atomic mass is 35.5. The number of nitrogens with zero attached hydrogens (tertiary/aromatic N) is 4. The van der Waals surface area contributed by atoms with E-state index in [1.54, 1.807) is 36.0 Å². The number of nitro benzene ring substituents is 1. The summed E-state index contributed by atoms with van der Waals surface area (Å²) in [4.78, 5) is 24.4. The molecule has 1 aromatic heterocycles. The van der Waals surface area contributed by atoms with E-state index >= 15 is 0 Å². The van der Waals surface area contributed by atoms with Crippen molar-refractivity contribution >= 4 is 40.6 Å². The number of hydrogen-bond donors (Lipinski definition) is 1. The molecule has 0 aliphatic rings. The van der Waals surface area contributed by atoms with Gasteiger partial charge in [-0.15, -0.1) is 10.2 Å². The number of carbonyl (C=O) groups is 1. The second-order valence-corrected chi connectivity index (χ2v) is 8.65. The fourth-order valence-electron chi connectivity index (χ4n) is 3.21. The average Bonchev–Trinajstić information content (AvgIpc) is 3.27. The molecule has 0 radical (unpaired) electrons. The van der Waals surface area contributed by atoms with Crippen molar-refractivity contribution in [3.63, 3.8) is 0 Å². The van der Waals surface area contributed by atoms with E-state index in [2.05, 4.69) is 15.5 Å². The van der Waals surface area contributed by atoms with Crippen molar-refractivity contribution in [3.05, 3.63) is 105 Å². The van der Waals surface area contributed by atoms with Crippen LogP contribution in [-0.4, -0.2) is 25.6 Å². The number of carbonyl (C=O) groups excluding carboxylic acids is 1. The summed E-state index contributed by atoms with van der Waals surface area (Å²) < 4.78 is 1.73. The highest BCUT2D eigenvalue weighted by Crippen LogP contribution is 2.37. The van der Waals surface area contributed by atoms with Crippen molar-refractivity contribution in [1.29, 1.82) is 0 Å². The van der Waals surface area contributed by atoms with Crippen LogP contribution in [0, 0.1) is 17.0 Å². The van der Waals surface area contributed by atoms with E-state index in [1.165, 1.54) is 23.9 Å². The molecule has 0 saturated carbocycles. The summed E-state index contributed by atoms with van der Waals surface area (Å²) in [6.07, 6.45) is 1.54. The van der Waals surface area contributed by atoms with E-state index in [9.17, 15) is 14.9 Å². The number of aryl methyl sites for hydroxylation is 1. The Bertz CT molecular complexity index is 1310. The van der Waals surface area contributed by atoms with Gasteiger partial charge in [-0.2, -0.15) is 0 Å². The molecule has 0 aliphatic heterocycles. The van der Waals surface area contributed by atoms with E-state index in [0.29, 0.717) is 10.2 Å². The van der Waals surface area contributed by atoms with Gasteiger partial charge in [-0.1, -0.05) is 65.8 Å². The van der Waals surface area contributed by atoms with Gasteiger partial charge in [0.1, 0.15) is 17.3 Å². The summed E-state index contributed by atoms with van der Waals surface area (Å²) in [7, 11) is 0. The van der Waals surface area contributed by atoms with Crippen LogP contribution in [0.5, 0.6) is 0 Å². The van der Waals surface area contributed by atoms with Gasteiger partial charge in [0.05, 0.1) is 10.6 Å². The first kappa shape index (κ1) is 22.5. The van der Waals surface area contributed by atoms with Gasteiger partial charge in [-0.25, -0.2) is 0 Å². The summed E-state index contributed by atoms with van der Waals surface area (Å²) in [5.74, 6) is -0.418. The monoisotopic (exact) mass is 479 g/mol. The lowest BCUT2D eigenvalue weighted by atomic mass is 10.1. The zero-order valence-corrected chi connectivity index (χ0v) is 19.0. The van der Waals surface area contributed by atoms with Gasteiger partial charge in [0.15, 0.2) is 5.16 Å². The molecule has 166 valence electrons. The Balaban J connectivity index is 1.68. The van der Waals surface area contributed by atoms with Crippen LogP contribution in [-0.2, 0) is 4.79 Å². The molecule has 3 aromatic carbocycles. The summed E-state index contributed by atoms with van der Waals surface area (Å²) >= 11 is 7.31. The normalized spacial score (nSPS) is 11.7. The van der Waals surface area contributed by atoms with Crippen LogP contribution in [0.4, 0.5) is 11.4 Å². The summed E-state index contributed by atoms with van der Waals surface area (Å²) in [5, 5.41) is 22.7. The number of rotatable bonds is 7. The molecule has 33 heavy (non-hydrogen) atoms. The molecule has 4 rings (SSSR count). The standard InChI is InChI=1S/C23H18ClN5O3S/c1-15-10-11-19(20(12-15)29(31)32)26-22(30)21(16-6-3-2-4-7-16)33-23-27-25-14-28(23)18-9-5-8-17(24)13-18/h2-14,21H,1H3,(H,26,30). The molecule has 1 heterocycles. The molecule has 1 atom stereocenters. The quantitative estimate of drug-likeness (QED) is 0.210. The fourth-order valence-corrected chi connectivity index (χ4v) is 4.43. The van der Waals surface area contributed by atoms with Crippen LogP contribution in [0.15, 0.2) is 84.3 Å². The molecule has 8 nitrogen and oxygen atoms in total. The number of anilines is 1. The van der Waals surface area contributed by atoms with E-state index in [1.807, 2.05) is 42.5 Å². The third-order valence-electron chi connectivity index (χ3n) is 4.77. The van der Waals surface area contributed by atoms with E-state index in [-0.39, 0.29) is 11.4 Å². The van der Waals surface area contributed by atoms with Crippen molar-refractivity contribution in [2.24, 2.45) is 0 Å². The van der Waals surface area contributed by atoms with Crippen molar-refractivity contribution in [3.8, 4) is 5.69 Å². The second kappa shape index (κ2) is 9.85. The highest BCUT2D eigenvalue weighted by molar-refractivity contribution is 8.00. The molecule has 0 bridgehead atoms. The minimum absolute atomic E-state index is 0.133. The Morgan fingerprint density at radius 2 is 1.91 bits per heavy atom. The Morgan fingerprint density at radius 1 is 1.12 bits per heavy atom. The molecule has 1 unspecified atom stereocenters. The Morgan fingerprint density at radius 3 is 2.64 bits per heavy atom. The number of aromatic nitrogens is 3. The van der Waals surface area contributed by atoms with E-state index in [0.717, 1.165) is 16.8 Å². The third kappa shape index (κ3) is 5.21. The molecule has 0 spiro atoms. The first-order valence-electron chi connectivity index (χ1n) is 9.86. The minimum atomic E-state index is -0.741. The van der Waals surface area contributed by atoms with Gasteiger partial charge in [-0.3, -0.25) is 19.5 Å². The number of nitrogens with one attached hydrogen (secondary N) is 1. The molecule has 1 N–H and O–H groups in total. The first-order valence-corrected chi connectivity index (χ1v) is 11.1. The molecule has 4 aromatic rings. The minimum Gasteiger partial charge on any atom is -0.319 e. The Hall–Kier alpha value is -3.69. The lowest BCUT2D eigenvalue weighted by Gasteiger charge is -2.17. The summed E-state index contributed by atoms with van der Waals surface area (Å²) in [5.41, 5.74) is 2.16. The van der Waals surface area contributed by atoms with Crippen LogP contribution >= 0.6 is 23.4 Å². The van der Waals surface area contributed by atoms with Crippen molar-refractivity contribution in [2.75, 3.05) is 5.32 Å². The maximum absolute atomic E-state index is 13.4. The van der Waals surface area contributed by atoms with Gasteiger partial charge >= 0.3 is 0 Å². The molecular weight excluding hydrogens is 462 g/mol. The van der Waals surface area contributed by atoms with Crippen LogP contribution in [0.2, 0.25) is 5.02 Å². The maximum Gasteiger partial charge on any atom is 0.293 e. The number of halogens is 1. The zero-order chi connectivity index (χ0) is 23.4. The maximum atomic E-state index is 13.4. The lowest BCUT2D eigenvalue weighted by molar-refractivity contribution is -0.384. The largest absolute Gasteiger partial charge is 0.319 e. The predicted molar refractivity (Wildman–Crippen MR) is 128 cm³/mol. The summed E-state index contributed by atoms with van der Waals surface area (Å²) in [6.45, 7) is 1.75. The van der Waals surface area contributed by atoms with Gasteiger partial charge in [0, 0.05) is 11.1 Å². The lowest BCUT2D eigenvalue weighted by Crippen LogP contribution is -2.20. The van der Waals surface area contributed by atoms with Crippen molar-refractivity contribution in [1.82, 2.24) is 14.8 Å². The predicted octanol–water partition coefficient (Wildman–Crippen LogP) is 5.61. The fraction of sp³-hybridized carbons (Fsp3) is 0.0870. The molecule has 0 aliphatic carbocycles. The Kier molecular flexibility index (Phi) is 6.71. The number of nitro groups is 1. The van der Waals surface area contributed by atoms with E-state index in [4.69, 9.17) is 11.6 Å². The molecule has 1 amide bonds. The van der Waals surface area contributed by atoms with Crippen LogP contribution in [0.25, 0.3) is 5.69 Å². The van der Waals surface area contributed by atoms with E-state index < -0.39 is 16.1 Å².